The summed E-state index contributed by atoms with van der Waals surface area (Å²) in [5.74, 6) is -1.85. The van der Waals surface area contributed by atoms with Crippen molar-refractivity contribution in [3.63, 3.8) is 0 Å². The summed E-state index contributed by atoms with van der Waals surface area (Å²) in [6.07, 6.45) is 6.17. The number of halogens is 1. The summed E-state index contributed by atoms with van der Waals surface area (Å²) in [5, 5.41) is 0. The summed E-state index contributed by atoms with van der Waals surface area (Å²) in [5.41, 5.74) is 4.12. The zero-order valence-electron chi connectivity index (χ0n) is 9.81. The molecule has 2 N–H and O–H groups in total. The molecule has 0 aliphatic rings. The Morgan fingerprint density at radius 3 is 2.56 bits per heavy atom. The van der Waals surface area contributed by atoms with Gasteiger partial charge in [0.05, 0.1) is 5.56 Å². The summed E-state index contributed by atoms with van der Waals surface area (Å²) in [4.78, 5) is 22.7. The van der Waals surface area contributed by atoms with E-state index in [0.717, 1.165) is 0 Å². The van der Waals surface area contributed by atoms with Gasteiger partial charge >= 0.3 is 0 Å². The van der Waals surface area contributed by atoms with Gasteiger partial charge in [0.1, 0.15) is 5.82 Å². The van der Waals surface area contributed by atoms with E-state index in [1.165, 1.54) is 36.4 Å². The van der Waals surface area contributed by atoms with E-state index in [2.05, 4.69) is 10.9 Å². The minimum absolute atomic E-state index is 0.129. The smallest absolute Gasteiger partial charge is 0.268 e. The van der Waals surface area contributed by atoms with Crippen LogP contribution in [0.1, 0.15) is 17.3 Å². The number of nitrogens with one attached hydrogen (secondary N) is 2. The highest BCUT2D eigenvalue weighted by atomic mass is 19.1. The molecule has 1 aromatic rings. The maximum Gasteiger partial charge on any atom is 0.272 e. The topological polar surface area (TPSA) is 58.2 Å². The predicted molar refractivity (Wildman–Crippen MR) is 66.0 cm³/mol. The van der Waals surface area contributed by atoms with Crippen LogP contribution in [0.25, 0.3) is 0 Å². The number of benzene rings is 1. The Labute approximate surface area is 104 Å². The number of hydrogen-bond acceptors (Lipinski definition) is 2. The van der Waals surface area contributed by atoms with E-state index in [1.807, 2.05) is 6.92 Å². The third-order valence-electron chi connectivity index (χ3n) is 1.97. The maximum absolute atomic E-state index is 13.2. The fourth-order valence-corrected chi connectivity index (χ4v) is 1.13. The average molecular weight is 248 g/mol. The average Bonchev–Trinajstić information content (AvgIpc) is 2.37. The molecule has 2 amide bonds. The molecule has 5 heteroatoms. The van der Waals surface area contributed by atoms with Crippen LogP contribution in [-0.4, -0.2) is 11.8 Å². The molecule has 0 fully saturated rings. The number of carbonyl (C=O) groups excluding carboxylic acids is 2. The van der Waals surface area contributed by atoms with E-state index in [4.69, 9.17) is 0 Å². The first kappa shape index (κ1) is 13.6. The number of rotatable bonds is 3. The van der Waals surface area contributed by atoms with Crippen LogP contribution in [0, 0.1) is 5.82 Å². The molecular weight excluding hydrogens is 235 g/mol. The van der Waals surface area contributed by atoms with Crippen LogP contribution in [0.2, 0.25) is 0 Å². The number of hydrazine groups is 1. The largest absolute Gasteiger partial charge is 0.272 e. The molecule has 94 valence electrons. The van der Waals surface area contributed by atoms with Crippen LogP contribution in [0.5, 0.6) is 0 Å². The third-order valence-corrected chi connectivity index (χ3v) is 1.97. The molecule has 0 unspecified atom stereocenters. The van der Waals surface area contributed by atoms with Crippen molar-refractivity contribution >= 4 is 11.8 Å². The van der Waals surface area contributed by atoms with Crippen molar-refractivity contribution in [2.24, 2.45) is 0 Å². The van der Waals surface area contributed by atoms with Crippen molar-refractivity contribution in [2.45, 2.75) is 6.92 Å². The first-order valence-electron chi connectivity index (χ1n) is 5.29. The molecule has 1 rings (SSSR count). The van der Waals surface area contributed by atoms with E-state index in [0.29, 0.717) is 0 Å². The number of amides is 2. The normalized spacial score (nSPS) is 10.8. The summed E-state index contributed by atoms with van der Waals surface area (Å²) in [6.45, 7) is 1.81. The Morgan fingerprint density at radius 1 is 1.17 bits per heavy atom. The molecule has 0 bridgehead atoms. The van der Waals surface area contributed by atoms with Gasteiger partial charge in [0.25, 0.3) is 11.8 Å². The van der Waals surface area contributed by atoms with Gasteiger partial charge in [-0.25, -0.2) is 4.39 Å². The van der Waals surface area contributed by atoms with E-state index < -0.39 is 17.6 Å². The highest BCUT2D eigenvalue weighted by Gasteiger charge is 2.10. The minimum Gasteiger partial charge on any atom is -0.268 e. The van der Waals surface area contributed by atoms with Crippen molar-refractivity contribution in [2.75, 3.05) is 0 Å². The van der Waals surface area contributed by atoms with Gasteiger partial charge in [-0.2, -0.15) is 0 Å². The van der Waals surface area contributed by atoms with Gasteiger partial charge in [0.15, 0.2) is 0 Å². The first-order chi connectivity index (χ1) is 8.65. The zero-order chi connectivity index (χ0) is 13.4. The highest BCUT2D eigenvalue weighted by Crippen LogP contribution is 2.04. The molecule has 0 heterocycles. The fraction of sp³-hybridized carbons (Fsp3) is 0.0769. The van der Waals surface area contributed by atoms with Crippen LogP contribution in [0.4, 0.5) is 4.39 Å². The van der Waals surface area contributed by atoms with Crippen molar-refractivity contribution < 1.29 is 14.0 Å². The lowest BCUT2D eigenvalue weighted by molar-refractivity contribution is -0.117. The quantitative estimate of drug-likeness (QED) is 0.486. The van der Waals surface area contributed by atoms with Gasteiger partial charge in [-0.1, -0.05) is 30.4 Å². The van der Waals surface area contributed by atoms with Crippen LogP contribution < -0.4 is 10.9 Å². The van der Waals surface area contributed by atoms with Crippen LogP contribution in [-0.2, 0) is 4.79 Å². The zero-order valence-corrected chi connectivity index (χ0v) is 9.81. The standard InChI is InChI=1S/C13H13FN2O2/c1-2-3-4-9-12(17)15-16-13(18)10-7-5-6-8-11(10)14/h2-9H,1H3,(H,15,17)(H,16,18)/b3-2+,9-4+. The van der Waals surface area contributed by atoms with Gasteiger partial charge in [0.2, 0.25) is 0 Å². The molecule has 0 aromatic heterocycles. The molecule has 0 saturated carbocycles. The molecule has 18 heavy (non-hydrogen) atoms. The molecule has 0 aliphatic carbocycles. The van der Waals surface area contributed by atoms with Gasteiger partial charge in [0, 0.05) is 6.08 Å². The van der Waals surface area contributed by atoms with Crippen LogP contribution in [0.15, 0.2) is 48.6 Å². The van der Waals surface area contributed by atoms with E-state index in [9.17, 15) is 14.0 Å². The van der Waals surface area contributed by atoms with Gasteiger partial charge in [-0.15, -0.1) is 0 Å². The maximum atomic E-state index is 13.2. The molecule has 0 spiro atoms. The molecular formula is C13H13FN2O2. The predicted octanol–water partition coefficient (Wildman–Crippen LogP) is 1.72. The Bertz CT molecular complexity index is 496. The van der Waals surface area contributed by atoms with Crippen molar-refractivity contribution in [1.82, 2.24) is 10.9 Å². The molecule has 0 radical (unpaired) electrons. The Morgan fingerprint density at radius 2 is 1.89 bits per heavy atom. The molecule has 4 nitrogen and oxygen atoms in total. The number of allylic oxidation sites excluding steroid dienone is 3. The fourth-order valence-electron chi connectivity index (χ4n) is 1.13. The molecule has 1 aromatic carbocycles. The Kier molecular flexibility index (Phi) is 5.31. The van der Waals surface area contributed by atoms with Crippen molar-refractivity contribution in [1.29, 1.82) is 0 Å². The SMILES string of the molecule is C/C=C/C=C/C(=O)NNC(=O)c1ccccc1F. The monoisotopic (exact) mass is 248 g/mol. The third kappa shape index (κ3) is 4.21. The molecule has 0 aliphatic heterocycles. The number of carbonyl (C=O) groups is 2. The van der Waals surface area contributed by atoms with E-state index in [-0.39, 0.29) is 5.56 Å². The van der Waals surface area contributed by atoms with E-state index in [1.54, 1.807) is 12.2 Å². The van der Waals surface area contributed by atoms with Gasteiger partial charge < -0.3 is 0 Å². The lowest BCUT2D eigenvalue weighted by atomic mass is 10.2. The number of hydrogen-bond donors (Lipinski definition) is 2. The summed E-state index contributed by atoms with van der Waals surface area (Å²) >= 11 is 0. The summed E-state index contributed by atoms with van der Waals surface area (Å²) in [7, 11) is 0. The van der Waals surface area contributed by atoms with Crippen molar-refractivity contribution in [3.05, 3.63) is 60.0 Å². The van der Waals surface area contributed by atoms with Crippen molar-refractivity contribution in [3.8, 4) is 0 Å². The van der Waals surface area contributed by atoms with Gasteiger partial charge in [-0.3, -0.25) is 20.4 Å². The summed E-state index contributed by atoms with van der Waals surface area (Å²) < 4.78 is 13.2. The van der Waals surface area contributed by atoms with Gasteiger partial charge in [-0.05, 0) is 19.1 Å². The summed E-state index contributed by atoms with van der Waals surface area (Å²) in [6, 6.07) is 5.51. The van der Waals surface area contributed by atoms with E-state index >= 15 is 0 Å². The minimum atomic E-state index is -0.708. The Hall–Kier alpha value is -2.43. The first-order valence-corrected chi connectivity index (χ1v) is 5.29. The van der Waals surface area contributed by atoms with Crippen LogP contribution >= 0.6 is 0 Å². The Balaban J connectivity index is 2.52. The lowest BCUT2D eigenvalue weighted by Gasteiger charge is -2.05. The molecule has 0 atom stereocenters. The molecule has 0 saturated heterocycles. The second-order valence-electron chi connectivity index (χ2n) is 3.31. The lowest BCUT2D eigenvalue weighted by Crippen LogP contribution is -2.41. The van der Waals surface area contributed by atoms with Crippen LogP contribution in [0.3, 0.4) is 0 Å². The second kappa shape index (κ2) is 7.01. The second-order valence-corrected chi connectivity index (χ2v) is 3.31. The highest BCUT2D eigenvalue weighted by molar-refractivity contribution is 5.97.